The Morgan fingerprint density at radius 1 is 1.31 bits per heavy atom. The van der Waals surface area contributed by atoms with Crippen LogP contribution < -0.4 is 13.9 Å². The lowest BCUT2D eigenvalue weighted by Crippen LogP contribution is -2.49. The van der Waals surface area contributed by atoms with Gasteiger partial charge in [0.05, 0.1) is 5.69 Å². The monoisotopic (exact) mass is 396 g/mol. The molecule has 1 aliphatic heterocycles. The van der Waals surface area contributed by atoms with Gasteiger partial charge in [-0.2, -0.15) is 4.31 Å². The average Bonchev–Trinajstić information content (AvgIpc) is 2.98. The molecule has 0 saturated carbocycles. The number of sulfonamides is 1. The Bertz CT molecular complexity index is 998. The maximum absolute atomic E-state index is 13.0. The highest BCUT2D eigenvalue weighted by atomic mass is 32.2. The van der Waals surface area contributed by atoms with E-state index in [4.69, 9.17) is 9.84 Å². The molecule has 2 heterocycles. The molecule has 0 radical (unpaired) electrons. The summed E-state index contributed by atoms with van der Waals surface area (Å²) in [4.78, 5) is 24.8. The molecule has 10 heteroatoms. The van der Waals surface area contributed by atoms with Crippen molar-refractivity contribution in [3.8, 4) is 5.75 Å². The van der Waals surface area contributed by atoms with Crippen molar-refractivity contribution in [3.05, 3.63) is 35.2 Å². The van der Waals surface area contributed by atoms with Gasteiger partial charge in [-0.25, -0.2) is 18.0 Å². The fourth-order valence-corrected chi connectivity index (χ4v) is 5.22. The van der Waals surface area contributed by atoms with Crippen LogP contribution in [0.25, 0.3) is 0 Å². The molecule has 1 N–H and O–H groups in total. The van der Waals surface area contributed by atoms with Crippen molar-refractivity contribution in [2.75, 3.05) is 16.3 Å². The highest BCUT2D eigenvalue weighted by Crippen LogP contribution is 2.40. The van der Waals surface area contributed by atoms with Crippen LogP contribution in [-0.4, -0.2) is 38.7 Å². The number of carbonyl (C=O) groups excluding carboxylic acids is 1. The van der Waals surface area contributed by atoms with E-state index in [0.29, 0.717) is 5.00 Å². The van der Waals surface area contributed by atoms with E-state index >= 15 is 0 Å². The minimum absolute atomic E-state index is 0.0546. The van der Waals surface area contributed by atoms with E-state index in [9.17, 15) is 18.0 Å². The van der Waals surface area contributed by atoms with Crippen LogP contribution in [0, 0.1) is 6.92 Å². The van der Waals surface area contributed by atoms with Crippen molar-refractivity contribution in [1.82, 2.24) is 0 Å². The van der Waals surface area contributed by atoms with Crippen molar-refractivity contribution < 1.29 is 27.9 Å². The zero-order valence-electron chi connectivity index (χ0n) is 14.2. The SMILES string of the molecule is Cc1csc(N2C(=O)N(C)c3cc(O[C@H](C)C(=O)O)ccc3S2(=O)=O)c1. The van der Waals surface area contributed by atoms with Gasteiger partial charge in [-0.3, -0.25) is 4.90 Å². The molecule has 1 aliphatic rings. The Balaban J connectivity index is 2.08. The second-order valence-corrected chi connectivity index (χ2v) is 8.45. The number of carboxylic acids is 1. The van der Waals surface area contributed by atoms with Gasteiger partial charge >= 0.3 is 12.0 Å². The predicted molar refractivity (Wildman–Crippen MR) is 96.7 cm³/mol. The Hall–Kier alpha value is -2.59. The van der Waals surface area contributed by atoms with Crippen LogP contribution in [0.1, 0.15) is 12.5 Å². The van der Waals surface area contributed by atoms with Gasteiger partial charge in [0.2, 0.25) is 0 Å². The normalized spacial score (nSPS) is 17.0. The predicted octanol–water partition coefficient (Wildman–Crippen LogP) is 2.67. The van der Waals surface area contributed by atoms with E-state index in [1.54, 1.807) is 11.4 Å². The van der Waals surface area contributed by atoms with Crippen molar-refractivity contribution in [2.24, 2.45) is 0 Å². The molecule has 0 fully saturated rings. The number of thiophene rings is 1. The summed E-state index contributed by atoms with van der Waals surface area (Å²) in [5, 5.41) is 11.0. The lowest BCUT2D eigenvalue weighted by molar-refractivity contribution is -0.144. The molecule has 3 rings (SSSR count). The molecule has 1 atom stereocenters. The third-order valence-electron chi connectivity index (χ3n) is 3.85. The number of amides is 2. The Kier molecular flexibility index (Phi) is 4.41. The molecule has 0 spiro atoms. The first-order valence-corrected chi connectivity index (χ1v) is 9.86. The molecule has 0 saturated heterocycles. The second kappa shape index (κ2) is 6.29. The number of fused-ring (bicyclic) bond motifs is 1. The highest BCUT2D eigenvalue weighted by Gasteiger charge is 2.42. The van der Waals surface area contributed by atoms with Crippen LogP contribution in [-0.2, 0) is 14.8 Å². The Morgan fingerprint density at radius 2 is 2.00 bits per heavy atom. The van der Waals surface area contributed by atoms with Crippen LogP contribution in [0.5, 0.6) is 5.75 Å². The second-order valence-electron chi connectivity index (χ2n) is 5.80. The van der Waals surface area contributed by atoms with E-state index in [1.807, 2.05) is 6.92 Å². The largest absolute Gasteiger partial charge is 0.479 e. The number of urea groups is 1. The van der Waals surface area contributed by atoms with Crippen LogP contribution in [0.4, 0.5) is 15.5 Å². The quantitative estimate of drug-likeness (QED) is 0.852. The molecule has 0 aliphatic carbocycles. The van der Waals surface area contributed by atoms with Crippen LogP contribution in [0.3, 0.4) is 0 Å². The number of aliphatic carboxylic acids is 1. The summed E-state index contributed by atoms with van der Waals surface area (Å²) < 4.78 is 32.0. The van der Waals surface area contributed by atoms with Gasteiger partial charge in [0.1, 0.15) is 15.6 Å². The first-order chi connectivity index (χ1) is 12.1. The highest BCUT2D eigenvalue weighted by molar-refractivity contribution is 7.94. The Morgan fingerprint density at radius 3 is 2.58 bits per heavy atom. The smallest absolute Gasteiger partial charge is 0.344 e. The maximum atomic E-state index is 13.0. The summed E-state index contributed by atoms with van der Waals surface area (Å²) in [6.45, 7) is 3.17. The average molecular weight is 396 g/mol. The third-order valence-corrected chi connectivity index (χ3v) is 6.73. The van der Waals surface area contributed by atoms with Gasteiger partial charge in [0, 0.05) is 13.1 Å². The summed E-state index contributed by atoms with van der Waals surface area (Å²) in [7, 11) is -2.63. The lowest BCUT2D eigenvalue weighted by atomic mass is 10.2. The van der Waals surface area contributed by atoms with E-state index in [1.165, 1.54) is 37.1 Å². The molecule has 138 valence electrons. The number of nitrogens with zero attached hydrogens (tertiary/aromatic N) is 2. The topological polar surface area (TPSA) is 104 Å². The minimum Gasteiger partial charge on any atom is -0.479 e. The maximum Gasteiger partial charge on any atom is 0.344 e. The molecular weight excluding hydrogens is 380 g/mol. The summed E-state index contributed by atoms with van der Waals surface area (Å²) in [5.41, 5.74) is 0.988. The molecule has 8 nitrogen and oxygen atoms in total. The van der Waals surface area contributed by atoms with Crippen LogP contribution in [0.2, 0.25) is 0 Å². The first kappa shape index (κ1) is 18.2. The molecule has 1 aromatic carbocycles. The fraction of sp³-hybridized carbons (Fsp3) is 0.250. The van der Waals surface area contributed by atoms with Gasteiger partial charge in [-0.15, -0.1) is 11.3 Å². The molecular formula is C16H16N2O6S2. The summed E-state index contributed by atoms with van der Waals surface area (Å²) >= 11 is 1.16. The van der Waals surface area contributed by atoms with E-state index < -0.39 is 28.1 Å². The van der Waals surface area contributed by atoms with Gasteiger partial charge in [-0.05, 0) is 43.0 Å². The standard InChI is InChI=1S/C16H16N2O6S2/c1-9-6-14(25-8-9)18-16(21)17(3)12-7-11(24-10(2)15(19)20)4-5-13(12)26(18,22)23/h4-8,10H,1-3H3,(H,19,20)/t10-/m1/s1. The number of carboxylic acid groups (broad SMARTS) is 1. The van der Waals surface area contributed by atoms with Gasteiger partial charge in [0.15, 0.2) is 6.10 Å². The number of hydrogen-bond acceptors (Lipinski definition) is 6. The molecule has 0 unspecified atom stereocenters. The zero-order valence-corrected chi connectivity index (χ0v) is 15.8. The van der Waals surface area contributed by atoms with Gasteiger partial charge < -0.3 is 9.84 Å². The van der Waals surface area contributed by atoms with Crippen molar-refractivity contribution in [1.29, 1.82) is 0 Å². The zero-order chi connectivity index (χ0) is 19.2. The van der Waals surface area contributed by atoms with Crippen LogP contribution in [0.15, 0.2) is 34.5 Å². The van der Waals surface area contributed by atoms with Crippen LogP contribution >= 0.6 is 11.3 Å². The number of aryl methyl sites for hydroxylation is 1. The molecule has 2 aromatic rings. The number of rotatable bonds is 4. The Labute approximate surface area is 154 Å². The van der Waals surface area contributed by atoms with Gasteiger partial charge in [0.25, 0.3) is 10.0 Å². The number of hydrogen-bond donors (Lipinski definition) is 1. The van der Waals surface area contributed by atoms with E-state index in [-0.39, 0.29) is 16.3 Å². The number of benzene rings is 1. The summed E-state index contributed by atoms with van der Waals surface area (Å²) in [6.07, 6.45) is -1.11. The van der Waals surface area contributed by atoms with Crippen molar-refractivity contribution in [3.63, 3.8) is 0 Å². The summed E-state index contributed by atoms with van der Waals surface area (Å²) in [6, 6.07) is 4.94. The lowest BCUT2D eigenvalue weighted by Gasteiger charge is -2.33. The number of carbonyl (C=O) groups is 2. The number of anilines is 2. The minimum atomic E-state index is -4.09. The first-order valence-electron chi connectivity index (χ1n) is 7.54. The molecule has 1 aromatic heterocycles. The van der Waals surface area contributed by atoms with Crippen molar-refractivity contribution in [2.45, 2.75) is 24.8 Å². The van der Waals surface area contributed by atoms with Crippen molar-refractivity contribution >= 4 is 44.0 Å². The fourth-order valence-electron chi connectivity index (χ4n) is 2.48. The van der Waals surface area contributed by atoms with E-state index in [0.717, 1.165) is 21.2 Å². The molecule has 0 bridgehead atoms. The summed E-state index contributed by atoms with van der Waals surface area (Å²) in [5.74, 6) is -0.993. The van der Waals surface area contributed by atoms with Gasteiger partial charge in [-0.1, -0.05) is 0 Å². The third kappa shape index (κ3) is 2.90. The number of ether oxygens (including phenoxy) is 1. The van der Waals surface area contributed by atoms with E-state index in [2.05, 4.69) is 0 Å². The molecule has 2 amide bonds. The molecule has 26 heavy (non-hydrogen) atoms.